The average molecular weight is 292 g/mol. The Bertz CT molecular complexity index is 813. The van der Waals surface area contributed by atoms with Crippen LogP contribution in [0, 0.1) is 0 Å². The van der Waals surface area contributed by atoms with Gasteiger partial charge in [-0.05, 0) is 64.5 Å². The molecule has 0 aliphatic heterocycles. The monoisotopic (exact) mass is 292 g/mol. The minimum Gasteiger partial charge on any atom is -0.423 e. The molecule has 3 heteroatoms. The second-order valence-electron chi connectivity index (χ2n) is 6.67. The Morgan fingerprint density at radius 1 is 1.09 bits per heavy atom. The lowest BCUT2D eigenvalue weighted by atomic mass is 9.75. The van der Waals surface area contributed by atoms with Crippen molar-refractivity contribution in [2.75, 3.05) is 0 Å². The fourth-order valence-corrected chi connectivity index (χ4v) is 3.42. The van der Waals surface area contributed by atoms with E-state index in [1.807, 2.05) is 6.08 Å². The van der Waals surface area contributed by atoms with Gasteiger partial charge in [-0.15, -0.1) is 0 Å². The summed E-state index contributed by atoms with van der Waals surface area (Å²) in [6, 6.07) is 12.9. The second-order valence-corrected chi connectivity index (χ2v) is 6.67. The number of hydrogen-bond acceptors (Lipinski definition) is 2. The predicted molar refractivity (Wildman–Crippen MR) is 93.5 cm³/mol. The van der Waals surface area contributed by atoms with E-state index in [4.69, 9.17) is 0 Å². The smallest absolute Gasteiger partial charge is 0.423 e. The zero-order valence-corrected chi connectivity index (χ0v) is 13.5. The predicted octanol–water partition coefficient (Wildman–Crippen LogP) is 3.86. The topological polar surface area (TPSA) is 40.5 Å². The standard InChI is InChI=1S/C19H21BO2/c1-12(20(21)22)9-17-13(2)16-10-14-7-5-6-8-15(14)11-18(16)19(17,3)4/h5-11,21-22H,1-4H3/b12-9+. The third-order valence-electron chi connectivity index (χ3n) is 4.82. The van der Waals surface area contributed by atoms with E-state index in [2.05, 4.69) is 57.2 Å². The van der Waals surface area contributed by atoms with E-state index in [0.29, 0.717) is 5.47 Å². The maximum absolute atomic E-state index is 9.37. The molecule has 0 amide bonds. The van der Waals surface area contributed by atoms with Gasteiger partial charge < -0.3 is 10.0 Å². The Morgan fingerprint density at radius 2 is 1.68 bits per heavy atom. The molecule has 0 unspecified atom stereocenters. The summed E-state index contributed by atoms with van der Waals surface area (Å²) in [7, 11) is -1.40. The molecule has 0 aromatic heterocycles. The summed E-state index contributed by atoms with van der Waals surface area (Å²) in [4.78, 5) is 0. The molecule has 0 heterocycles. The summed E-state index contributed by atoms with van der Waals surface area (Å²) in [5.41, 5.74) is 5.36. The van der Waals surface area contributed by atoms with Crippen LogP contribution in [0.15, 0.2) is 53.5 Å². The molecule has 2 N–H and O–H groups in total. The van der Waals surface area contributed by atoms with Crippen LogP contribution < -0.4 is 0 Å². The molecule has 0 spiro atoms. The summed E-state index contributed by atoms with van der Waals surface area (Å²) in [6.45, 7) is 8.26. The summed E-state index contributed by atoms with van der Waals surface area (Å²) in [5, 5.41) is 21.2. The third kappa shape index (κ3) is 2.21. The van der Waals surface area contributed by atoms with Crippen LogP contribution in [0.3, 0.4) is 0 Å². The van der Waals surface area contributed by atoms with Crippen LogP contribution in [-0.4, -0.2) is 17.2 Å². The van der Waals surface area contributed by atoms with Crippen LogP contribution in [0.1, 0.15) is 38.8 Å². The first-order chi connectivity index (χ1) is 10.3. The third-order valence-corrected chi connectivity index (χ3v) is 4.82. The average Bonchev–Trinajstić information content (AvgIpc) is 2.66. The maximum Gasteiger partial charge on any atom is 0.483 e. The zero-order chi connectivity index (χ0) is 16.1. The van der Waals surface area contributed by atoms with Gasteiger partial charge in [-0.3, -0.25) is 0 Å². The van der Waals surface area contributed by atoms with Gasteiger partial charge in [0.25, 0.3) is 0 Å². The van der Waals surface area contributed by atoms with Crippen LogP contribution in [0.25, 0.3) is 16.3 Å². The minimum atomic E-state index is -1.40. The van der Waals surface area contributed by atoms with E-state index in [1.165, 1.54) is 27.5 Å². The highest BCUT2D eigenvalue weighted by Crippen LogP contribution is 2.48. The normalized spacial score (nSPS) is 17.1. The Morgan fingerprint density at radius 3 is 2.27 bits per heavy atom. The molecule has 1 aliphatic carbocycles. The van der Waals surface area contributed by atoms with E-state index < -0.39 is 7.12 Å². The molecular weight excluding hydrogens is 271 g/mol. The summed E-state index contributed by atoms with van der Waals surface area (Å²) < 4.78 is 0. The Hall–Kier alpha value is -1.84. The van der Waals surface area contributed by atoms with Gasteiger partial charge in [0.15, 0.2) is 0 Å². The highest BCUT2D eigenvalue weighted by atomic mass is 16.4. The SMILES string of the molecule is CC1=C(/C=C(\C)B(O)O)C(C)(C)c2cc3ccccc3cc21. The number of hydrogen-bond donors (Lipinski definition) is 2. The molecule has 2 nitrogen and oxygen atoms in total. The van der Waals surface area contributed by atoms with Crippen molar-refractivity contribution in [3.05, 3.63) is 64.6 Å². The van der Waals surface area contributed by atoms with Gasteiger partial charge in [0, 0.05) is 5.41 Å². The Labute approximate surface area is 131 Å². The largest absolute Gasteiger partial charge is 0.483 e. The molecule has 22 heavy (non-hydrogen) atoms. The van der Waals surface area contributed by atoms with Gasteiger partial charge in [-0.1, -0.05) is 44.2 Å². The van der Waals surface area contributed by atoms with Crippen LogP contribution in [-0.2, 0) is 5.41 Å². The van der Waals surface area contributed by atoms with E-state index in [9.17, 15) is 10.0 Å². The van der Waals surface area contributed by atoms with E-state index >= 15 is 0 Å². The summed E-state index contributed by atoms with van der Waals surface area (Å²) in [5.74, 6) is 0. The number of allylic oxidation sites excluding steroid dienone is 4. The fourth-order valence-electron chi connectivity index (χ4n) is 3.42. The maximum atomic E-state index is 9.37. The van der Waals surface area contributed by atoms with Gasteiger partial charge in [0.2, 0.25) is 0 Å². The van der Waals surface area contributed by atoms with Crippen LogP contribution in [0.5, 0.6) is 0 Å². The number of rotatable bonds is 2. The molecule has 0 fully saturated rings. The van der Waals surface area contributed by atoms with Gasteiger partial charge in [0.1, 0.15) is 0 Å². The van der Waals surface area contributed by atoms with Gasteiger partial charge >= 0.3 is 7.12 Å². The lowest BCUT2D eigenvalue weighted by Crippen LogP contribution is -2.19. The fraction of sp³-hybridized carbons (Fsp3) is 0.263. The Kier molecular flexibility index (Phi) is 3.50. The van der Waals surface area contributed by atoms with E-state index in [0.717, 1.165) is 5.57 Å². The van der Waals surface area contributed by atoms with Crippen LogP contribution in [0.4, 0.5) is 0 Å². The molecule has 112 valence electrons. The molecule has 1 aliphatic rings. The van der Waals surface area contributed by atoms with Crippen molar-refractivity contribution in [2.45, 2.75) is 33.1 Å². The minimum absolute atomic E-state index is 0.139. The van der Waals surface area contributed by atoms with E-state index in [1.54, 1.807) is 6.92 Å². The van der Waals surface area contributed by atoms with Gasteiger partial charge in [-0.25, -0.2) is 0 Å². The van der Waals surface area contributed by atoms with E-state index in [-0.39, 0.29) is 5.41 Å². The highest BCUT2D eigenvalue weighted by molar-refractivity contribution is 6.50. The molecule has 3 rings (SSSR count). The lowest BCUT2D eigenvalue weighted by Gasteiger charge is -2.24. The zero-order valence-electron chi connectivity index (χ0n) is 13.5. The summed E-state index contributed by atoms with van der Waals surface area (Å²) >= 11 is 0. The summed E-state index contributed by atoms with van der Waals surface area (Å²) in [6.07, 6.45) is 1.92. The van der Waals surface area contributed by atoms with Gasteiger partial charge in [0.05, 0.1) is 0 Å². The van der Waals surface area contributed by atoms with Crippen LogP contribution >= 0.6 is 0 Å². The number of benzene rings is 2. The van der Waals surface area contributed by atoms with Crippen molar-refractivity contribution in [3.63, 3.8) is 0 Å². The molecule has 0 radical (unpaired) electrons. The molecule has 0 saturated heterocycles. The number of fused-ring (bicyclic) bond motifs is 2. The molecular formula is C19H21BO2. The first-order valence-electron chi connectivity index (χ1n) is 7.61. The van der Waals surface area contributed by atoms with Crippen molar-refractivity contribution in [1.29, 1.82) is 0 Å². The molecule has 0 atom stereocenters. The molecule has 0 bridgehead atoms. The first-order valence-corrected chi connectivity index (χ1v) is 7.61. The lowest BCUT2D eigenvalue weighted by molar-refractivity contribution is 0.419. The van der Waals surface area contributed by atoms with Gasteiger partial charge in [-0.2, -0.15) is 0 Å². The quantitative estimate of drug-likeness (QED) is 0.825. The molecule has 2 aromatic rings. The van der Waals surface area contributed by atoms with Crippen molar-refractivity contribution >= 4 is 23.5 Å². The van der Waals surface area contributed by atoms with Crippen molar-refractivity contribution in [2.24, 2.45) is 0 Å². The molecule has 0 saturated carbocycles. The highest BCUT2D eigenvalue weighted by Gasteiger charge is 2.35. The Balaban J connectivity index is 2.24. The van der Waals surface area contributed by atoms with Crippen LogP contribution in [0.2, 0.25) is 0 Å². The van der Waals surface area contributed by atoms with Crippen molar-refractivity contribution in [3.8, 4) is 0 Å². The first kappa shape index (κ1) is 15.1. The molecule has 2 aromatic carbocycles. The van der Waals surface area contributed by atoms with Crippen molar-refractivity contribution < 1.29 is 10.0 Å². The second kappa shape index (κ2) is 5.11. The van der Waals surface area contributed by atoms with Crippen molar-refractivity contribution in [1.82, 2.24) is 0 Å².